The molecular weight excluding hydrogens is 266 g/mol. The molecule has 2 atom stereocenters. The van der Waals surface area contributed by atoms with E-state index in [-0.39, 0.29) is 11.4 Å². The standard InChI is InChI=1S/C14H20ClNOS/c1-9(17)10(2)18-14-11(4-3-5-13(14)15)8-16-12-6-7-12/h3-5,9-10,12,16-17H,6-8H2,1-2H3. The van der Waals surface area contributed by atoms with Crippen LogP contribution in [0.5, 0.6) is 0 Å². The molecule has 1 aliphatic carbocycles. The van der Waals surface area contributed by atoms with Crippen molar-refractivity contribution in [1.29, 1.82) is 0 Å². The lowest BCUT2D eigenvalue weighted by Crippen LogP contribution is -2.18. The number of aliphatic hydroxyl groups excluding tert-OH is 1. The molecule has 1 aliphatic rings. The molecule has 0 heterocycles. The molecule has 100 valence electrons. The summed E-state index contributed by atoms with van der Waals surface area (Å²) < 4.78 is 0. The maximum absolute atomic E-state index is 9.61. The SMILES string of the molecule is CC(O)C(C)Sc1c(Cl)cccc1CNC1CC1. The maximum atomic E-state index is 9.61. The van der Waals surface area contributed by atoms with Gasteiger partial charge in [0.25, 0.3) is 0 Å². The molecule has 0 saturated heterocycles. The second-order valence-corrected chi connectivity index (χ2v) is 6.74. The average molecular weight is 286 g/mol. The van der Waals surface area contributed by atoms with E-state index < -0.39 is 0 Å². The van der Waals surface area contributed by atoms with Gasteiger partial charge in [0.1, 0.15) is 0 Å². The summed E-state index contributed by atoms with van der Waals surface area (Å²) in [5.41, 5.74) is 1.23. The van der Waals surface area contributed by atoms with Gasteiger partial charge in [-0.05, 0) is 31.4 Å². The van der Waals surface area contributed by atoms with Gasteiger partial charge in [-0.25, -0.2) is 0 Å². The van der Waals surface area contributed by atoms with Crippen molar-refractivity contribution >= 4 is 23.4 Å². The summed E-state index contributed by atoms with van der Waals surface area (Å²) in [5, 5.41) is 14.0. The van der Waals surface area contributed by atoms with Gasteiger partial charge in [-0.3, -0.25) is 0 Å². The topological polar surface area (TPSA) is 32.3 Å². The van der Waals surface area contributed by atoms with Gasteiger partial charge in [0.2, 0.25) is 0 Å². The van der Waals surface area contributed by atoms with E-state index in [1.807, 2.05) is 26.0 Å². The number of thioether (sulfide) groups is 1. The minimum atomic E-state index is -0.337. The Morgan fingerprint density at radius 1 is 1.44 bits per heavy atom. The van der Waals surface area contributed by atoms with Crippen LogP contribution < -0.4 is 5.32 Å². The highest BCUT2D eigenvalue weighted by Gasteiger charge is 2.21. The quantitative estimate of drug-likeness (QED) is 0.785. The Morgan fingerprint density at radius 2 is 2.17 bits per heavy atom. The van der Waals surface area contributed by atoms with E-state index in [0.29, 0.717) is 6.04 Å². The molecule has 2 unspecified atom stereocenters. The molecule has 1 aromatic rings. The zero-order chi connectivity index (χ0) is 13.1. The Bertz CT molecular complexity index is 407. The molecule has 2 N–H and O–H groups in total. The predicted octanol–water partition coefficient (Wildman–Crippen LogP) is 3.45. The molecule has 1 saturated carbocycles. The largest absolute Gasteiger partial charge is 0.392 e. The van der Waals surface area contributed by atoms with Crippen molar-refractivity contribution in [2.24, 2.45) is 0 Å². The third-order valence-corrected chi connectivity index (χ3v) is 5.10. The molecule has 4 heteroatoms. The summed E-state index contributed by atoms with van der Waals surface area (Å²) in [6.45, 7) is 4.70. The van der Waals surface area contributed by atoms with E-state index in [9.17, 15) is 5.11 Å². The van der Waals surface area contributed by atoms with Gasteiger partial charge < -0.3 is 10.4 Å². The molecule has 0 bridgehead atoms. The first kappa shape index (κ1) is 14.2. The van der Waals surface area contributed by atoms with Crippen LogP contribution in [0.4, 0.5) is 0 Å². The van der Waals surface area contributed by atoms with E-state index in [2.05, 4.69) is 11.4 Å². The van der Waals surface area contributed by atoms with Gasteiger partial charge in [-0.2, -0.15) is 0 Å². The van der Waals surface area contributed by atoms with Crippen molar-refractivity contribution in [2.75, 3.05) is 0 Å². The maximum Gasteiger partial charge on any atom is 0.0631 e. The van der Waals surface area contributed by atoms with Crippen LogP contribution in [0.2, 0.25) is 5.02 Å². The second kappa shape index (κ2) is 6.29. The lowest BCUT2D eigenvalue weighted by molar-refractivity contribution is 0.196. The Morgan fingerprint density at radius 3 is 2.78 bits per heavy atom. The number of nitrogens with one attached hydrogen (secondary N) is 1. The predicted molar refractivity (Wildman–Crippen MR) is 78.3 cm³/mol. The Balaban J connectivity index is 2.09. The Hall–Kier alpha value is -0.220. The highest BCUT2D eigenvalue weighted by Crippen LogP contribution is 2.35. The van der Waals surface area contributed by atoms with Crippen LogP contribution in [0.25, 0.3) is 0 Å². The van der Waals surface area contributed by atoms with Crippen molar-refractivity contribution in [3.05, 3.63) is 28.8 Å². The summed E-state index contributed by atoms with van der Waals surface area (Å²) in [6.07, 6.45) is 2.23. The van der Waals surface area contributed by atoms with E-state index in [4.69, 9.17) is 11.6 Å². The zero-order valence-corrected chi connectivity index (χ0v) is 12.4. The monoisotopic (exact) mass is 285 g/mol. The van der Waals surface area contributed by atoms with Gasteiger partial charge in [0.15, 0.2) is 0 Å². The molecule has 1 fully saturated rings. The zero-order valence-electron chi connectivity index (χ0n) is 10.8. The fraction of sp³-hybridized carbons (Fsp3) is 0.571. The van der Waals surface area contributed by atoms with Gasteiger partial charge in [-0.15, -0.1) is 11.8 Å². The Labute approximate surface area is 118 Å². The van der Waals surface area contributed by atoms with E-state index in [1.165, 1.54) is 18.4 Å². The third kappa shape index (κ3) is 3.89. The molecule has 0 aliphatic heterocycles. The molecule has 0 spiro atoms. The van der Waals surface area contributed by atoms with Crippen LogP contribution in [0.3, 0.4) is 0 Å². The van der Waals surface area contributed by atoms with E-state index >= 15 is 0 Å². The van der Waals surface area contributed by atoms with Crippen molar-refractivity contribution < 1.29 is 5.11 Å². The Kier molecular flexibility index (Phi) is 4.96. The van der Waals surface area contributed by atoms with Gasteiger partial charge in [0, 0.05) is 22.7 Å². The fourth-order valence-electron chi connectivity index (χ4n) is 1.65. The minimum absolute atomic E-state index is 0.143. The van der Waals surface area contributed by atoms with Gasteiger partial charge in [0.05, 0.1) is 11.1 Å². The molecule has 0 amide bonds. The summed E-state index contributed by atoms with van der Waals surface area (Å²) in [7, 11) is 0. The van der Waals surface area contributed by atoms with Crippen molar-refractivity contribution in [1.82, 2.24) is 5.32 Å². The number of benzene rings is 1. The lowest BCUT2D eigenvalue weighted by atomic mass is 10.2. The number of halogens is 1. The first-order valence-electron chi connectivity index (χ1n) is 6.43. The normalized spacial score (nSPS) is 18.7. The van der Waals surface area contributed by atoms with Crippen LogP contribution >= 0.6 is 23.4 Å². The molecule has 1 aromatic carbocycles. The molecule has 2 nitrogen and oxygen atoms in total. The van der Waals surface area contributed by atoms with Crippen LogP contribution in [-0.4, -0.2) is 22.5 Å². The number of hydrogen-bond donors (Lipinski definition) is 2. The molecule has 0 radical (unpaired) electrons. The first-order valence-corrected chi connectivity index (χ1v) is 7.69. The fourth-order valence-corrected chi connectivity index (χ4v) is 3.02. The van der Waals surface area contributed by atoms with E-state index in [1.54, 1.807) is 11.8 Å². The van der Waals surface area contributed by atoms with Crippen LogP contribution in [0.15, 0.2) is 23.1 Å². The second-order valence-electron chi connectivity index (χ2n) is 4.95. The average Bonchev–Trinajstić information content (AvgIpc) is 3.13. The van der Waals surface area contributed by atoms with Gasteiger partial charge >= 0.3 is 0 Å². The number of aliphatic hydroxyl groups is 1. The summed E-state index contributed by atoms with van der Waals surface area (Å²) in [5.74, 6) is 0. The molecule has 2 rings (SSSR count). The number of rotatable bonds is 6. The van der Waals surface area contributed by atoms with Crippen LogP contribution in [0.1, 0.15) is 32.3 Å². The van der Waals surface area contributed by atoms with E-state index in [0.717, 1.165) is 16.5 Å². The third-order valence-electron chi connectivity index (χ3n) is 3.19. The smallest absolute Gasteiger partial charge is 0.0631 e. The summed E-state index contributed by atoms with van der Waals surface area (Å²) in [6, 6.07) is 6.71. The summed E-state index contributed by atoms with van der Waals surface area (Å²) >= 11 is 7.93. The van der Waals surface area contributed by atoms with Crippen molar-refractivity contribution in [3.8, 4) is 0 Å². The summed E-state index contributed by atoms with van der Waals surface area (Å²) in [4.78, 5) is 1.10. The number of hydrogen-bond acceptors (Lipinski definition) is 3. The highest BCUT2D eigenvalue weighted by molar-refractivity contribution is 8.00. The van der Waals surface area contributed by atoms with Crippen LogP contribution in [0, 0.1) is 0 Å². The molecule has 0 aromatic heterocycles. The molecule has 18 heavy (non-hydrogen) atoms. The minimum Gasteiger partial charge on any atom is -0.392 e. The lowest BCUT2D eigenvalue weighted by Gasteiger charge is -2.18. The van der Waals surface area contributed by atoms with Gasteiger partial charge in [-0.1, -0.05) is 30.7 Å². The highest BCUT2D eigenvalue weighted by atomic mass is 35.5. The first-order chi connectivity index (χ1) is 8.58. The van der Waals surface area contributed by atoms with Crippen molar-refractivity contribution in [3.63, 3.8) is 0 Å². The molecular formula is C14H20ClNOS. The van der Waals surface area contributed by atoms with Crippen molar-refractivity contribution in [2.45, 2.75) is 55.5 Å². The van der Waals surface area contributed by atoms with Crippen LogP contribution in [-0.2, 0) is 6.54 Å².